The van der Waals surface area contributed by atoms with E-state index in [0.717, 1.165) is 39.0 Å². The van der Waals surface area contributed by atoms with Crippen LogP contribution in [0.15, 0.2) is 22.8 Å². The van der Waals surface area contributed by atoms with Crippen LogP contribution < -0.4 is 5.32 Å². The molecule has 1 N–H and O–H groups in total. The summed E-state index contributed by atoms with van der Waals surface area (Å²) in [6.07, 6.45) is 6.36. The molecular weight excluding hydrogens is 228 g/mol. The fourth-order valence-electron chi connectivity index (χ4n) is 3.20. The van der Waals surface area contributed by atoms with E-state index in [0.29, 0.717) is 11.2 Å². The summed E-state index contributed by atoms with van der Waals surface area (Å²) in [6.45, 7) is 4.01. The average molecular weight is 248 g/mol. The lowest BCUT2D eigenvalue weighted by atomic mass is 9.71. The van der Waals surface area contributed by atoms with E-state index in [1.165, 1.54) is 12.8 Å². The lowest BCUT2D eigenvalue weighted by Crippen LogP contribution is -2.47. The first-order valence-corrected chi connectivity index (χ1v) is 6.83. The largest absolute Gasteiger partial charge is 0.459 e. The first kappa shape index (κ1) is 11.8. The van der Waals surface area contributed by atoms with Crippen molar-refractivity contribution in [3.63, 3.8) is 0 Å². The van der Waals surface area contributed by atoms with Crippen molar-refractivity contribution in [2.45, 2.75) is 25.7 Å². The van der Waals surface area contributed by atoms with E-state index < -0.39 is 0 Å². The number of rotatable bonds is 1. The maximum absolute atomic E-state index is 12.2. The second-order valence-electron chi connectivity index (χ2n) is 5.52. The molecule has 0 aliphatic carbocycles. The molecule has 0 saturated carbocycles. The van der Waals surface area contributed by atoms with Crippen molar-refractivity contribution >= 4 is 5.91 Å². The summed E-state index contributed by atoms with van der Waals surface area (Å²) in [7, 11) is 0. The minimum Gasteiger partial charge on any atom is -0.459 e. The monoisotopic (exact) mass is 248 g/mol. The van der Waals surface area contributed by atoms with Crippen LogP contribution in [0, 0.1) is 5.41 Å². The van der Waals surface area contributed by atoms with E-state index in [1.54, 1.807) is 18.4 Å². The number of piperidine rings is 2. The molecule has 0 unspecified atom stereocenters. The molecule has 3 rings (SSSR count). The van der Waals surface area contributed by atoms with Crippen LogP contribution in [-0.4, -0.2) is 37.0 Å². The van der Waals surface area contributed by atoms with E-state index in [2.05, 4.69) is 5.32 Å². The van der Waals surface area contributed by atoms with Crippen LogP contribution in [0.4, 0.5) is 0 Å². The molecule has 0 aromatic carbocycles. The van der Waals surface area contributed by atoms with E-state index in [-0.39, 0.29) is 5.91 Å². The first-order valence-electron chi connectivity index (χ1n) is 6.83. The Kier molecular flexibility index (Phi) is 3.12. The van der Waals surface area contributed by atoms with Gasteiger partial charge in [0.1, 0.15) is 0 Å². The lowest BCUT2D eigenvalue weighted by molar-refractivity contribution is 0.0470. The standard InChI is InChI=1S/C14H20N2O2/c17-13(12-2-1-11-18-12)16-9-5-14(6-10-16)3-7-15-8-4-14/h1-2,11,15H,3-10H2. The van der Waals surface area contributed by atoms with E-state index in [4.69, 9.17) is 4.42 Å². The van der Waals surface area contributed by atoms with Gasteiger partial charge in [-0.1, -0.05) is 0 Å². The number of amides is 1. The predicted octanol–water partition coefficient (Wildman–Crippen LogP) is 1.89. The number of hydrogen-bond donors (Lipinski definition) is 1. The van der Waals surface area contributed by atoms with Gasteiger partial charge in [0.25, 0.3) is 5.91 Å². The van der Waals surface area contributed by atoms with Gasteiger partial charge in [0.2, 0.25) is 0 Å². The number of carbonyl (C=O) groups excluding carboxylic acids is 1. The number of furan rings is 1. The lowest BCUT2D eigenvalue weighted by Gasteiger charge is -2.44. The summed E-state index contributed by atoms with van der Waals surface area (Å²) in [4.78, 5) is 14.1. The molecule has 1 aromatic heterocycles. The van der Waals surface area contributed by atoms with Gasteiger partial charge in [-0.3, -0.25) is 4.79 Å². The highest BCUT2D eigenvalue weighted by Crippen LogP contribution is 2.39. The number of carbonyl (C=O) groups is 1. The summed E-state index contributed by atoms with van der Waals surface area (Å²) in [5.74, 6) is 0.514. The molecule has 2 aliphatic heterocycles. The first-order chi connectivity index (χ1) is 8.79. The molecule has 4 heteroatoms. The average Bonchev–Trinajstić information content (AvgIpc) is 2.94. The molecular formula is C14H20N2O2. The SMILES string of the molecule is O=C(c1ccco1)N1CCC2(CCNCC2)CC1. The van der Waals surface area contributed by atoms with Crippen LogP contribution >= 0.6 is 0 Å². The Morgan fingerprint density at radius 3 is 2.56 bits per heavy atom. The van der Waals surface area contributed by atoms with Crippen molar-refractivity contribution in [3.05, 3.63) is 24.2 Å². The Bertz CT molecular complexity index is 397. The van der Waals surface area contributed by atoms with Crippen LogP contribution in [0.5, 0.6) is 0 Å². The fourth-order valence-corrected chi connectivity index (χ4v) is 3.20. The van der Waals surface area contributed by atoms with Gasteiger partial charge >= 0.3 is 0 Å². The molecule has 4 nitrogen and oxygen atoms in total. The molecule has 1 spiro atoms. The van der Waals surface area contributed by atoms with Crippen molar-refractivity contribution in [1.29, 1.82) is 0 Å². The van der Waals surface area contributed by atoms with Crippen LogP contribution in [-0.2, 0) is 0 Å². The highest BCUT2D eigenvalue weighted by atomic mass is 16.3. The second-order valence-corrected chi connectivity index (χ2v) is 5.52. The zero-order valence-corrected chi connectivity index (χ0v) is 10.7. The van der Waals surface area contributed by atoms with Crippen molar-refractivity contribution in [3.8, 4) is 0 Å². The van der Waals surface area contributed by atoms with Gasteiger partial charge in [0.15, 0.2) is 5.76 Å². The molecule has 98 valence electrons. The van der Waals surface area contributed by atoms with Gasteiger partial charge in [0.05, 0.1) is 6.26 Å². The molecule has 3 heterocycles. The van der Waals surface area contributed by atoms with Crippen LogP contribution in [0.2, 0.25) is 0 Å². The van der Waals surface area contributed by atoms with Crippen LogP contribution in [0.1, 0.15) is 36.2 Å². The quantitative estimate of drug-likeness (QED) is 0.825. The molecule has 1 aromatic rings. The van der Waals surface area contributed by atoms with Gasteiger partial charge in [-0.15, -0.1) is 0 Å². The highest BCUT2D eigenvalue weighted by Gasteiger charge is 2.37. The van der Waals surface area contributed by atoms with Crippen molar-refractivity contribution in [2.24, 2.45) is 5.41 Å². The van der Waals surface area contributed by atoms with Gasteiger partial charge in [0, 0.05) is 13.1 Å². The number of hydrogen-bond acceptors (Lipinski definition) is 3. The zero-order chi connectivity index (χ0) is 12.4. The summed E-state index contributed by atoms with van der Waals surface area (Å²) >= 11 is 0. The molecule has 0 bridgehead atoms. The van der Waals surface area contributed by atoms with Crippen molar-refractivity contribution < 1.29 is 9.21 Å². The predicted molar refractivity (Wildman–Crippen MR) is 68.4 cm³/mol. The van der Waals surface area contributed by atoms with Gasteiger partial charge in [-0.05, 0) is 56.3 Å². The minimum absolute atomic E-state index is 0.0452. The maximum atomic E-state index is 12.2. The van der Waals surface area contributed by atoms with E-state index >= 15 is 0 Å². The van der Waals surface area contributed by atoms with Crippen LogP contribution in [0.25, 0.3) is 0 Å². The normalized spacial score (nSPS) is 23.2. The van der Waals surface area contributed by atoms with Gasteiger partial charge in [-0.25, -0.2) is 0 Å². The Balaban J connectivity index is 1.61. The summed E-state index contributed by atoms with van der Waals surface area (Å²) < 4.78 is 5.18. The third-order valence-electron chi connectivity index (χ3n) is 4.51. The third-order valence-corrected chi connectivity index (χ3v) is 4.51. The Hall–Kier alpha value is -1.29. The molecule has 1 amide bonds. The van der Waals surface area contributed by atoms with Crippen molar-refractivity contribution in [2.75, 3.05) is 26.2 Å². The number of likely N-dealkylation sites (tertiary alicyclic amines) is 1. The van der Waals surface area contributed by atoms with Crippen LogP contribution in [0.3, 0.4) is 0 Å². The Labute approximate surface area is 107 Å². The van der Waals surface area contributed by atoms with Gasteiger partial charge in [-0.2, -0.15) is 0 Å². The molecule has 0 atom stereocenters. The molecule has 0 radical (unpaired) electrons. The summed E-state index contributed by atoms with van der Waals surface area (Å²) in [5, 5.41) is 3.42. The summed E-state index contributed by atoms with van der Waals surface area (Å²) in [6, 6.07) is 3.52. The van der Waals surface area contributed by atoms with E-state index in [9.17, 15) is 4.79 Å². The minimum atomic E-state index is 0.0452. The number of nitrogens with zero attached hydrogens (tertiary/aromatic N) is 1. The topological polar surface area (TPSA) is 45.5 Å². The highest BCUT2D eigenvalue weighted by molar-refractivity contribution is 5.91. The molecule has 18 heavy (non-hydrogen) atoms. The number of nitrogens with one attached hydrogen (secondary N) is 1. The Morgan fingerprint density at radius 2 is 1.94 bits per heavy atom. The smallest absolute Gasteiger partial charge is 0.289 e. The van der Waals surface area contributed by atoms with Crippen molar-refractivity contribution in [1.82, 2.24) is 10.2 Å². The van der Waals surface area contributed by atoms with E-state index in [1.807, 2.05) is 4.90 Å². The zero-order valence-electron chi connectivity index (χ0n) is 10.7. The van der Waals surface area contributed by atoms with Gasteiger partial charge < -0.3 is 14.6 Å². The molecule has 2 saturated heterocycles. The molecule has 2 aliphatic rings. The Morgan fingerprint density at radius 1 is 1.22 bits per heavy atom. The second kappa shape index (κ2) is 4.76. The fraction of sp³-hybridized carbons (Fsp3) is 0.643. The maximum Gasteiger partial charge on any atom is 0.289 e. The molecule has 2 fully saturated rings. The summed E-state index contributed by atoms with van der Waals surface area (Å²) in [5.41, 5.74) is 0.491. The third kappa shape index (κ3) is 2.17.